The number of methoxy groups -OCH3 is 1. The third kappa shape index (κ3) is 3.56. The van der Waals surface area contributed by atoms with Crippen molar-refractivity contribution < 1.29 is 19.1 Å². The molecule has 1 aromatic rings. The quantitative estimate of drug-likeness (QED) is 0.469. The lowest BCUT2D eigenvalue weighted by Crippen LogP contribution is -2.07. The van der Waals surface area contributed by atoms with Crippen LogP contribution in [0.3, 0.4) is 0 Å². The number of hydrogen-bond donors (Lipinski definition) is 0. The monoisotopic (exact) mass is 337 g/mol. The Labute approximate surface area is 147 Å². The van der Waals surface area contributed by atoms with E-state index in [1.54, 1.807) is 0 Å². The van der Waals surface area contributed by atoms with Gasteiger partial charge in [-0.15, -0.1) is 6.42 Å². The predicted molar refractivity (Wildman–Crippen MR) is 91.7 cm³/mol. The molecular formula is C20H19NO4. The Morgan fingerprint density at radius 3 is 2.72 bits per heavy atom. The summed E-state index contributed by atoms with van der Waals surface area (Å²) < 4.78 is 9.71. The maximum Gasteiger partial charge on any atom is 0.340 e. The van der Waals surface area contributed by atoms with Crippen LogP contribution in [-0.2, 0) is 27.3 Å². The number of rotatable bonds is 5. The summed E-state index contributed by atoms with van der Waals surface area (Å²) in [6.45, 7) is 3.89. The van der Waals surface area contributed by atoms with Crippen molar-refractivity contribution in [3.8, 4) is 18.4 Å². The minimum atomic E-state index is -0.481. The number of fused-ring (bicyclic) bond motifs is 1. The molecule has 1 heterocycles. The first-order valence-electron chi connectivity index (χ1n) is 7.89. The van der Waals surface area contributed by atoms with Gasteiger partial charge in [0.25, 0.3) is 0 Å². The molecule has 0 fully saturated rings. The lowest BCUT2D eigenvalue weighted by atomic mass is 9.87. The Bertz CT molecular complexity index is 850. The minimum Gasteiger partial charge on any atom is -0.469 e. The van der Waals surface area contributed by atoms with Gasteiger partial charge in [0.15, 0.2) is 0 Å². The molecule has 0 bridgehead atoms. The first-order chi connectivity index (χ1) is 11.9. The second-order valence-electron chi connectivity index (χ2n) is 5.87. The number of nitriles is 1. The van der Waals surface area contributed by atoms with Gasteiger partial charge in [-0.2, -0.15) is 5.26 Å². The summed E-state index contributed by atoms with van der Waals surface area (Å²) in [6.07, 6.45) is 8.85. The fourth-order valence-corrected chi connectivity index (χ4v) is 2.91. The number of carbonyl (C=O) groups excluding carboxylic acids is 2. The fourth-order valence-electron chi connectivity index (χ4n) is 2.91. The van der Waals surface area contributed by atoms with Crippen LogP contribution < -0.4 is 0 Å². The number of allylic oxidation sites excluding steroid dienone is 2. The summed E-state index contributed by atoms with van der Waals surface area (Å²) >= 11 is 0. The predicted octanol–water partition coefficient (Wildman–Crippen LogP) is 2.96. The number of hydrogen-bond acceptors (Lipinski definition) is 5. The highest BCUT2D eigenvalue weighted by atomic mass is 16.5. The zero-order chi connectivity index (χ0) is 18.6. The first kappa shape index (κ1) is 18.3. The summed E-state index contributed by atoms with van der Waals surface area (Å²) in [4.78, 5) is 23.2. The Kier molecular flexibility index (Phi) is 5.62. The highest BCUT2D eigenvalue weighted by Crippen LogP contribution is 2.33. The Morgan fingerprint density at radius 1 is 1.40 bits per heavy atom. The van der Waals surface area contributed by atoms with Crippen LogP contribution in [0, 0.1) is 30.6 Å². The van der Waals surface area contributed by atoms with Gasteiger partial charge in [0.1, 0.15) is 12.7 Å². The molecule has 0 aromatic heterocycles. The van der Waals surface area contributed by atoms with E-state index >= 15 is 0 Å². The second-order valence-corrected chi connectivity index (χ2v) is 5.87. The third-order valence-electron chi connectivity index (χ3n) is 4.40. The van der Waals surface area contributed by atoms with Gasteiger partial charge in [-0.3, -0.25) is 4.79 Å². The third-order valence-corrected chi connectivity index (χ3v) is 4.40. The molecule has 128 valence electrons. The zero-order valence-corrected chi connectivity index (χ0v) is 14.6. The molecule has 0 spiro atoms. The van der Waals surface area contributed by atoms with Gasteiger partial charge in [0, 0.05) is 17.5 Å². The molecule has 0 unspecified atom stereocenters. The van der Waals surface area contributed by atoms with Crippen LogP contribution >= 0.6 is 0 Å². The molecule has 0 atom stereocenters. The van der Waals surface area contributed by atoms with Crippen molar-refractivity contribution in [2.45, 2.75) is 39.7 Å². The minimum absolute atomic E-state index is 0.150. The maximum absolute atomic E-state index is 12.0. The average molecular weight is 337 g/mol. The molecule has 25 heavy (non-hydrogen) atoms. The van der Waals surface area contributed by atoms with Gasteiger partial charge in [-0.05, 0) is 37.8 Å². The van der Waals surface area contributed by atoms with Crippen molar-refractivity contribution >= 4 is 11.9 Å². The van der Waals surface area contributed by atoms with E-state index in [9.17, 15) is 14.9 Å². The Balaban J connectivity index is 2.41. The van der Waals surface area contributed by atoms with Crippen LogP contribution in [0.4, 0.5) is 0 Å². The molecular weight excluding hydrogens is 318 g/mol. The summed E-state index contributed by atoms with van der Waals surface area (Å²) in [5, 5.41) is 9.58. The second kappa shape index (κ2) is 7.68. The lowest BCUT2D eigenvalue weighted by molar-refractivity contribution is -0.140. The number of terminal acetylenes is 1. The number of benzene rings is 1. The largest absolute Gasteiger partial charge is 0.469 e. The highest BCUT2D eigenvalue weighted by molar-refractivity contribution is 5.97. The van der Waals surface area contributed by atoms with Gasteiger partial charge in [0.05, 0.1) is 18.2 Å². The maximum atomic E-state index is 12.0. The van der Waals surface area contributed by atoms with Gasteiger partial charge >= 0.3 is 11.9 Å². The molecule has 1 aliphatic heterocycles. The molecule has 5 heteroatoms. The molecule has 5 nitrogen and oxygen atoms in total. The molecule has 0 amide bonds. The topological polar surface area (TPSA) is 76.4 Å². The molecule has 2 rings (SSSR count). The van der Waals surface area contributed by atoms with Crippen molar-refractivity contribution in [2.75, 3.05) is 7.11 Å². The van der Waals surface area contributed by atoms with E-state index in [0.717, 1.165) is 11.1 Å². The first-order valence-corrected chi connectivity index (χ1v) is 7.89. The fraction of sp³-hybridized carbons (Fsp3) is 0.350. The number of ether oxygens (including phenoxy) is 2. The van der Waals surface area contributed by atoms with Crippen molar-refractivity contribution in [3.05, 3.63) is 45.0 Å². The van der Waals surface area contributed by atoms with E-state index in [4.69, 9.17) is 11.2 Å². The lowest BCUT2D eigenvalue weighted by Gasteiger charge is -2.13. The van der Waals surface area contributed by atoms with Crippen LogP contribution in [-0.4, -0.2) is 19.0 Å². The molecule has 0 radical (unpaired) electrons. The van der Waals surface area contributed by atoms with Crippen molar-refractivity contribution in [1.29, 1.82) is 5.26 Å². The van der Waals surface area contributed by atoms with Crippen LogP contribution in [0.5, 0.6) is 0 Å². The molecule has 1 aliphatic rings. The summed E-state index contributed by atoms with van der Waals surface area (Å²) in [5.41, 5.74) is 4.38. The Morgan fingerprint density at radius 2 is 2.12 bits per heavy atom. The van der Waals surface area contributed by atoms with E-state index in [1.165, 1.54) is 7.11 Å². The average Bonchev–Trinajstić information content (AvgIpc) is 3.00. The van der Waals surface area contributed by atoms with Crippen LogP contribution in [0.15, 0.2) is 11.6 Å². The van der Waals surface area contributed by atoms with E-state index in [2.05, 4.69) is 16.7 Å². The number of cyclic esters (lactones) is 1. The molecule has 1 aromatic carbocycles. The molecule has 0 aliphatic carbocycles. The van der Waals surface area contributed by atoms with Crippen molar-refractivity contribution in [3.63, 3.8) is 0 Å². The number of carbonyl (C=O) groups is 2. The SMILES string of the molecule is C#Cc1c(C)c2c(c(C#N)c1CC=C(C)CCC(=O)OC)C(=O)OC2. The molecule has 0 saturated heterocycles. The van der Waals surface area contributed by atoms with Gasteiger partial charge in [0.2, 0.25) is 0 Å². The van der Waals surface area contributed by atoms with E-state index < -0.39 is 5.97 Å². The number of nitrogens with zero attached hydrogens (tertiary/aromatic N) is 1. The number of esters is 2. The van der Waals surface area contributed by atoms with Crippen molar-refractivity contribution in [2.24, 2.45) is 0 Å². The van der Waals surface area contributed by atoms with Crippen LogP contribution in [0.2, 0.25) is 0 Å². The summed E-state index contributed by atoms with van der Waals surface area (Å²) in [7, 11) is 1.35. The van der Waals surface area contributed by atoms with E-state index in [1.807, 2.05) is 19.9 Å². The Hall–Kier alpha value is -3.05. The smallest absolute Gasteiger partial charge is 0.340 e. The summed E-state index contributed by atoms with van der Waals surface area (Å²) in [5.74, 6) is 1.89. The van der Waals surface area contributed by atoms with E-state index in [0.29, 0.717) is 41.5 Å². The molecule has 0 saturated carbocycles. The van der Waals surface area contributed by atoms with Gasteiger partial charge in [-0.25, -0.2) is 4.79 Å². The highest BCUT2D eigenvalue weighted by Gasteiger charge is 2.30. The standard InChI is InChI=1S/C20H19NO4/c1-5-14-13(3)17-11-25-20(23)19(17)16(10-21)15(14)8-6-12(2)7-9-18(22)24-4/h1,6H,7-9,11H2,2-4H3. The van der Waals surface area contributed by atoms with E-state index in [-0.39, 0.29) is 18.1 Å². The van der Waals surface area contributed by atoms with Crippen molar-refractivity contribution in [1.82, 2.24) is 0 Å². The zero-order valence-electron chi connectivity index (χ0n) is 14.6. The van der Waals surface area contributed by atoms with Crippen LogP contribution in [0.25, 0.3) is 0 Å². The van der Waals surface area contributed by atoms with Crippen LogP contribution in [0.1, 0.15) is 57.9 Å². The van der Waals surface area contributed by atoms with Gasteiger partial charge < -0.3 is 9.47 Å². The summed E-state index contributed by atoms with van der Waals surface area (Å²) in [6, 6.07) is 2.11. The normalized spacial score (nSPS) is 12.8. The molecule has 0 N–H and O–H groups in total. The van der Waals surface area contributed by atoms with Gasteiger partial charge in [-0.1, -0.05) is 17.6 Å².